The maximum Gasteiger partial charge on any atom is 0.416 e. The number of hydrogen-bond acceptors (Lipinski definition) is 3. The highest BCUT2D eigenvalue weighted by atomic mass is 32.2. The Labute approximate surface area is 169 Å². The third-order valence-electron chi connectivity index (χ3n) is 4.71. The van der Waals surface area contributed by atoms with Crippen LogP contribution in [-0.4, -0.2) is 32.4 Å². The van der Waals surface area contributed by atoms with E-state index in [-0.39, 0.29) is 18.2 Å². The molecule has 0 radical (unpaired) electrons. The highest BCUT2D eigenvalue weighted by Crippen LogP contribution is 2.37. The molecule has 0 bridgehead atoms. The van der Waals surface area contributed by atoms with Crippen molar-refractivity contribution in [2.75, 3.05) is 13.1 Å². The van der Waals surface area contributed by atoms with E-state index in [0.29, 0.717) is 26.1 Å². The summed E-state index contributed by atoms with van der Waals surface area (Å²) in [5.74, 6) is 0. The average molecular weight is 452 g/mol. The number of nitrogens with one attached hydrogen (secondary N) is 1. The second kappa shape index (κ2) is 8.20. The summed E-state index contributed by atoms with van der Waals surface area (Å²) in [7, 11) is -4.58. The van der Waals surface area contributed by atoms with Crippen LogP contribution in [0.25, 0.3) is 0 Å². The smallest absolute Gasteiger partial charge is 0.297 e. The van der Waals surface area contributed by atoms with Gasteiger partial charge in [0.1, 0.15) is 0 Å². The van der Waals surface area contributed by atoms with Crippen molar-refractivity contribution in [2.45, 2.75) is 36.3 Å². The minimum absolute atomic E-state index is 0.101. The van der Waals surface area contributed by atoms with Gasteiger partial charge in [0.15, 0.2) is 0 Å². The lowest BCUT2D eigenvalue weighted by molar-refractivity contribution is -0.143. The lowest BCUT2D eigenvalue weighted by atomic mass is 10.1. The molecule has 1 fully saturated rings. The van der Waals surface area contributed by atoms with Gasteiger partial charge in [-0.3, -0.25) is 4.90 Å². The third-order valence-corrected chi connectivity index (χ3v) is 6.21. The third kappa shape index (κ3) is 5.52. The summed E-state index contributed by atoms with van der Waals surface area (Å²) in [4.78, 5) is 0.890. The maximum atomic E-state index is 13.0. The molecule has 0 spiro atoms. The van der Waals surface area contributed by atoms with Gasteiger partial charge in [0.25, 0.3) is 0 Å². The fraction of sp³-hybridized carbons (Fsp3) is 0.368. The summed E-state index contributed by atoms with van der Waals surface area (Å²) < 4.78 is 105. The normalized spacial score (nSPS) is 18.7. The summed E-state index contributed by atoms with van der Waals surface area (Å²) in [5, 5.41) is 0. The van der Waals surface area contributed by atoms with Crippen molar-refractivity contribution in [3.8, 4) is 0 Å². The SMILES string of the molecule is O=S(=O)(NC1CCN(Cc2ccccc2)C1)c1cc(C(F)(F)F)cc(C(F)(F)F)c1. The van der Waals surface area contributed by atoms with Crippen LogP contribution in [0.3, 0.4) is 0 Å². The molecule has 3 rings (SSSR count). The standard InChI is InChI=1S/C19H18F6N2O2S/c20-18(21,22)14-8-15(19(23,24)25)10-17(9-14)30(28,29)26-16-6-7-27(12-16)11-13-4-2-1-3-5-13/h1-5,8-10,16,26H,6-7,11-12H2. The van der Waals surface area contributed by atoms with E-state index in [9.17, 15) is 34.8 Å². The summed E-state index contributed by atoms with van der Waals surface area (Å²) >= 11 is 0. The van der Waals surface area contributed by atoms with Gasteiger partial charge in [-0.15, -0.1) is 0 Å². The topological polar surface area (TPSA) is 49.4 Å². The molecule has 11 heteroatoms. The second-order valence-corrected chi connectivity index (χ2v) is 8.78. The molecule has 1 atom stereocenters. The van der Waals surface area contributed by atoms with E-state index >= 15 is 0 Å². The quantitative estimate of drug-likeness (QED) is 0.690. The highest BCUT2D eigenvalue weighted by Gasteiger charge is 2.38. The Kier molecular flexibility index (Phi) is 6.17. The summed E-state index contributed by atoms with van der Waals surface area (Å²) in [6, 6.07) is 9.09. The van der Waals surface area contributed by atoms with E-state index in [0.717, 1.165) is 5.56 Å². The van der Waals surface area contributed by atoms with Gasteiger partial charge in [-0.2, -0.15) is 26.3 Å². The van der Waals surface area contributed by atoms with E-state index in [1.807, 2.05) is 35.2 Å². The van der Waals surface area contributed by atoms with Gasteiger partial charge < -0.3 is 0 Å². The van der Waals surface area contributed by atoms with Crippen LogP contribution in [0, 0.1) is 0 Å². The van der Waals surface area contributed by atoms with Crippen LogP contribution in [0.15, 0.2) is 53.4 Å². The van der Waals surface area contributed by atoms with Crippen LogP contribution < -0.4 is 4.72 Å². The monoisotopic (exact) mass is 452 g/mol. The van der Waals surface area contributed by atoms with Gasteiger partial charge in [0, 0.05) is 25.7 Å². The predicted molar refractivity (Wildman–Crippen MR) is 96.9 cm³/mol. The molecule has 1 aliphatic rings. The molecule has 2 aromatic carbocycles. The van der Waals surface area contributed by atoms with Crippen molar-refractivity contribution in [1.82, 2.24) is 9.62 Å². The van der Waals surface area contributed by atoms with Crippen molar-refractivity contribution in [3.05, 3.63) is 65.2 Å². The molecule has 0 aromatic heterocycles. The number of halogens is 6. The van der Waals surface area contributed by atoms with E-state index in [1.54, 1.807) is 0 Å². The van der Waals surface area contributed by atoms with E-state index < -0.39 is 44.4 Å². The van der Waals surface area contributed by atoms with E-state index in [2.05, 4.69) is 4.72 Å². The summed E-state index contributed by atoms with van der Waals surface area (Å²) in [6.45, 7) is 1.39. The zero-order valence-corrected chi connectivity index (χ0v) is 16.3. The van der Waals surface area contributed by atoms with E-state index in [1.165, 1.54) is 0 Å². The fourth-order valence-corrected chi connectivity index (χ4v) is 4.61. The van der Waals surface area contributed by atoms with Crippen LogP contribution in [0.5, 0.6) is 0 Å². The van der Waals surface area contributed by atoms with Gasteiger partial charge in [0.2, 0.25) is 10.0 Å². The first-order valence-corrected chi connectivity index (χ1v) is 10.4. The molecule has 30 heavy (non-hydrogen) atoms. The number of hydrogen-bond donors (Lipinski definition) is 1. The van der Waals surface area contributed by atoms with Crippen LogP contribution >= 0.6 is 0 Å². The number of benzene rings is 2. The molecule has 164 valence electrons. The molecule has 1 unspecified atom stereocenters. The molecule has 4 nitrogen and oxygen atoms in total. The average Bonchev–Trinajstić information content (AvgIpc) is 3.07. The van der Waals surface area contributed by atoms with Gasteiger partial charge in [-0.25, -0.2) is 13.1 Å². The number of sulfonamides is 1. The zero-order chi connectivity index (χ0) is 22.2. The van der Waals surface area contributed by atoms with Gasteiger partial charge in [-0.1, -0.05) is 30.3 Å². The lowest BCUT2D eigenvalue weighted by Gasteiger charge is -2.18. The van der Waals surface area contributed by atoms with Crippen molar-refractivity contribution >= 4 is 10.0 Å². The van der Waals surface area contributed by atoms with E-state index in [4.69, 9.17) is 0 Å². The molecule has 2 aromatic rings. The van der Waals surface area contributed by atoms with Crippen LogP contribution in [0.4, 0.5) is 26.3 Å². The molecule has 1 saturated heterocycles. The Balaban J connectivity index is 1.78. The lowest BCUT2D eigenvalue weighted by Crippen LogP contribution is -2.37. The molecule has 0 saturated carbocycles. The van der Waals surface area contributed by atoms with Crippen LogP contribution in [-0.2, 0) is 28.9 Å². The molecule has 0 amide bonds. The molecular formula is C19H18F6N2O2S. The first-order valence-electron chi connectivity index (χ1n) is 8.93. The number of rotatable bonds is 5. The predicted octanol–water partition coefficient (Wildman–Crippen LogP) is 4.28. The minimum Gasteiger partial charge on any atom is -0.297 e. The molecule has 1 N–H and O–H groups in total. The Morgan fingerprint density at radius 1 is 0.933 bits per heavy atom. The number of alkyl halides is 6. The van der Waals surface area contributed by atoms with Gasteiger partial charge in [-0.05, 0) is 30.2 Å². The molecular weight excluding hydrogens is 434 g/mol. The largest absolute Gasteiger partial charge is 0.416 e. The molecule has 1 aliphatic heterocycles. The summed E-state index contributed by atoms with van der Waals surface area (Å²) in [5.41, 5.74) is -2.33. The first kappa shape index (κ1) is 22.6. The zero-order valence-electron chi connectivity index (χ0n) is 15.5. The van der Waals surface area contributed by atoms with Crippen molar-refractivity contribution in [2.24, 2.45) is 0 Å². The Bertz CT molecular complexity index is 958. The second-order valence-electron chi connectivity index (χ2n) is 7.07. The molecule has 1 heterocycles. The van der Waals surface area contributed by atoms with Crippen molar-refractivity contribution < 1.29 is 34.8 Å². The number of nitrogens with zero attached hydrogens (tertiary/aromatic N) is 1. The minimum atomic E-state index is -5.12. The van der Waals surface area contributed by atoms with Gasteiger partial charge in [0.05, 0.1) is 16.0 Å². The Morgan fingerprint density at radius 3 is 2.03 bits per heavy atom. The Hall–Kier alpha value is -2.11. The summed E-state index contributed by atoms with van der Waals surface area (Å²) in [6.07, 6.45) is -9.85. The maximum absolute atomic E-state index is 13.0. The highest BCUT2D eigenvalue weighted by molar-refractivity contribution is 7.89. The molecule has 0 aliphatic carbocycles. The van der Waals surface area contributed by atoms with Crippen molar-refractivity contribution in [1.29, 1.82) is 0 Å². The van der Waals surface area contributed by atoms with Crippen LogP contribution in [0.2, 0.25) is 0 Å². The first-order chi connectivity index (χ1) is 13.8. The van der Waals surface area contributed by atoms with Gasteiger partial charge >= 0.3 is 12.4 Å². The fourth-order valence-electron chi connectivity index (χ4n) is 3.28. The van der Waals surface area contributed by atoms with Crippen LogP contribution in [0.1, 0.15) is 23.1 Å². The Morgan fingerprint density at radius 2 is 1.50 bits per heavy atom. The number of likely N-dealkylation sites (tertiary alicyclic amines) is 1. The van der Waals surface area contributed by atoms with Crippen molar-refractivity contribution in [3.63, 3.8) is 0 Å².